The Kier molecular flexibility index (Phi) is 4.62. The van der Waals surface area contributed by atoms with E-state index >= 15 is 0 Å². The number of para-hydroxylation sites is 2. The van der Waals surface area contributed by atoms with Crippen molar-refractivity contribution in [2.45, 2.75) is 25.8 Å². The standard InChI is InChI=1S/C11H14F3NO2/c1-2-8(16)7-15-9-5-3-4-6-10(9)17-11(12,13)14/h3-6,8,15-16H,2,7H2,1H3. The van der Waals surface area contributed by atoms with Crippen molar-refractivity contribution in [3.63, 3.8) is 0 Å². The lowest BCUT2D eigenvalue weighted by atomic mass is 10.2. The molecule has 0 radical (unpaired) electrons. The number of alkyl halides is 3. The summed E-state index contributed by atoms with van der Waals surface area (Å²) in [5.41, 5.74) is 0.206. The molecule has 17 heavy (non-hydrogen) atoms. The first-order valence-corrected chi connectivity index (χ1v) is 5.19. The van der Waals surface area contributed by atoms with Crippen LogP contribution in [-0.2, 0) is 0 Å². The van der Waals surface area contributed by atoms with Gasteiger partial charge in [0.05, 0.1) is 11.8 Å². The monoisotopic (exact) mass is 249 g/mol. The van der Waals surface area contributed by atoms with Gasteiger partial charge in [0.15, 0.2) is 5.75 Å². The second kappa shape index (κ2) is 5.77. The van der Waals surface area contributed by atoms with E-state index in [9.17, 15) is 18.3 Å². The highest BCUT2D eigenvalue weighted by Crippen LogP contribution is 2.29. The van der Waals surface area contributed by atoms with E-state index in [4.69, 9.17) is 0 Å². The van der Waals surface area contributed by atoms with Crippen molar-refractivity contribution in [3.05, 3.63) is 24.3 Å². The van der Waals surface area contributed by atoms with Gasteiger partial charge in [-0.2, -0.15) is 0 Å². The summed E-state index contributed by atoms with van der Waals surface area (Å²) in [7, 11) is 0. The quantitative estimate of drug-likeness (QED) is 0.843. The lowest BCUT2D eigenvalue weighted by molar-refractivity contribution is -0.274. The number of aliphatic hydroxyl groups is 1. The molecule has 0 spiro atoms. The Morgan fingerprint density at radius 1 is 1.35 bits per heavy atom. The van der Waals surface area contributed by atoms with Crippen LogP contribution in [0.4, 0.5) is 18.9 Å². The molecule has 0 aliphatic carbocycles. The van der Waals surface area contributed by atoms with Crippen LogP contribution in [0.25, 0.3) is 0 Å². The molecule has 1 unspecified atom stereocenters. The summed E-state index contributed by atoms with van der Waals surface area (Å²) in [4.78, 5) is 0. The van der Waals surface area contributed by atoms with Crippen molar-refractivity contribution in [2.24, 2.45) is 0 Å². The van der Waals surface area contributed by atoms with Crippen LogP contribution >= 0.6 is 0 Å². The van der Waals surface area contributed by atoms with Crippen molar-refractivity contribution in [3.8, 4) is 5.75 Å². The summed E-state index contributed by atoms with van der Waals surface area (Å²) in [5, 5.41) is 12.0. The number of halogens is 3. The molecule has 0 fully saturated rings. The van der Waals surface area contributed by atoms with E-state index in [0.29, 0.717) is 6.42 Å². The normalized spacial score (nSPS) is 13.2. The molecule has 1 atom stereocenters. The molecule has 0 amide bonds. The highest BCUT2D eigenvalue weighted by atomic mass is 19.4. The first-order chi connectivity index (χ1) is 7.92. The van der Waals surface area contributed by atoms with E-state index in [0.717, 1.165) is 0 Å². The van der Waals surface area contributed by atoms with E-state index in [1.165, 1.54) is 18.2 Å². The lowest BCUT2D eigenvalue weighted by Crippen LogP contribution is -2.21. The SMILES string of the molecule is CCC(O)CNc1ccccc1OC(F)(F)F. The molecule has 0 aliphatic heterocycles. The molecule has 0 aliphatic rings. The zero-order valence-corrected chi connectivity index (χ0v) is 9.29. The fraction of sp³-hybridized carbons (Fsp3) is 0.455. The van der Waals surface area contributed by atoms with Crippen molar-refractivity contribution in [1.82, 2.24) is 0 Å². The molecule has 0 saturated carbocycles. The fourth-order valence-corrected chi connectivity index (χ4v) is 1.20. The molecule has 0 aromatic heterocycles. The van der Waals surface area contributed by atoms with Crippen LogP contribution in [0.3, 0.4) is 0 Å². The first-order valence-electron chi connectivity index (χ1n) is 5.19. The third kappa shape index (κ3) is 4.95. The van der Waals surface area contributed by atoms with E-state index < -0.39 is 12.5 Å². The Balaban J connectivity index is 2.71. The van der Waals surface area contributed by atoms with E-state index in [1.54, 1.807) is 13.0 Å². The van der Waals surface area contributed by atoms with Crippen LogP contribution in [-0.4, -0.2) is 24.1 Å². The zero-order chi connectivity index (χ0) is 12.9. The maximum absolute atomic E-state index is 12.1. The minimum Gasteiger partial charge on any atom is -0.404 e. The number of anilines is 1. The van der Waals surface area contributed by atoms with Gasteiger partial charge < -0.3 is 15.2 Å². The van der Waals surface area contributed by atoms with Crippen LogP contribution in [0.15, 0.2) is 24.3 Å². The second-order valence-corrected chi connectivity index (χ2v) is 3.49. The van der Waals surface area contributed by atoms with Crippen LogP contribution in [0.5, 0.6) is 5.75 Å². The Hall–Kier alpha value is -1.43. The Labute approximate surface area is 97.2 Å². The molecule has 0 bridgehead atoms. The molecule has 1 aromatic carbocycles. The maximum atomic E-state index is 12.1. The largest absolute Gasteiger partial charge is 0.573 e. The van der Waals surface area contributed by atoms with Gasteiger partial charge >= 0.3 is 6.36 Å². The summed E-state index contributed by atoms with van der Waals surface area (Å²) in [6, 6.07) is 5.71. The third-order valence-corrected chi connectivity index (χ3v) is 2.11. The minimum atomic E-state index is -4.72. The maximum Gasteiger partial charge on any atom is 0.573 e. The number of hydrogen-bond acceptors (Lipinski definition) is 3. The Morgan fingerprint density at radius 3 is 2.59 bits per heavy atom. The van der Waals surface area contributed by atoms with Gasteiger partial charge in [0.2, 0.25) is 0 Å². The highest BCUT2D eigenvalue weighted by molar-refractivity contribution is 5.56. The van der Waals surface area contributed by atoms with Gasteiger partial charge in [-0.3, -0.25) is 0 Å². The molecular weight excluding hydrogens is 235 g/mol. The predicted octanol–water partition coefficient (Wildman–Crippen LogP) is 2.77. The number of rotatable bonds is 5. The highest BCUT2D eigenvalue weighted by Gasteiger charge is 2.32. The van der Waals surface area contributed by atoms with E-state index in [1.807, 2.05) is 0 Å². The summed E-state index contributed by atoms with van der Waals surface area (Å²) < 4.78 is 40.1. The molecule has 0 saturated heterocycles. The number of hydrogen-bond donors (Lipinski definition) is 2. The Morgan fingerprint density at radius 2 is 2.00 bits per heavy atom. The molecule has 2 N–H and O–H groups in total. The van der Waals surface area contributed by atoms with Gasteiger partial charge in [0.1, 0.15) is 0 Å². The van der Waals surface area contributed by atoms with Gasteiger partial charge in [-0.15, -0.1) is 13.2 Å². The molecule has 96 valence electrons. The predicted molar refractivity (Wildman–Crippen MR) is 57.9 cm³/mol. The molecular formula is C11H14F3NO2. The molecule has 1 rings (SSSR count). The van der Waals surface area contributed by atoms with Gasteiger partial charge in [0, 0.05) is 6.54 Å². The lowest BCUT2D eigenvalue weighted by Gasteiger charge is -2.15. The molecule has 6 heteroatoms. The molecule has 1 aromatic rings. The van der Waals surface area contributed by atoms with Crippen molar-refractivity contribution >= 4 is 5.69 Å². The smallest absolute Gasteiger partial charge is 0.404 e. The van der Waals surface area contributed by atoms with Crippen molar-refractivity contribution < 1.29 is 23.0 Å². The average Bonchev–Trinajstić information content (AvgIpc) is 2.25. The number of nitrogens with one attached hydrogen (secondary N) is 1. The summed E-state index contributed by atoms with van der Waals surface area (Å²) >= 11 is 0. The van der Waals surface area contributed by atoms with Crippen LogP contribution < -0.4 is 10.1 Å². The van der Waals surface area contributed by atoms with Gasteiger partial charge in [0.25, 0.3) is 0 Å². The minimum absolute atomic E-state index is 0.175. The zero-order valence-electron chi connectivity index (χ0n) is 9.29. The molecule has 3 nitrogen and oxygen atoms in total. The third-order valence-electron chi connectivity index (χ3n) is 2.11. The van der Waals surface area contributed by atoms with E-state index in [2.05, 4.69) is 10.1 Å². The van der Waals surface area contributed by atoms with E-state index in [-0.39, 0.29) is 18.0 Å². The Bertz CT molecular complexity index is 355. The topological polar surface area (TPSA) is 41.5 Å². The van der Waals surface area contributed by atoms with Gasteiger partial charge in [-0.1, -0.05) is 19.1 Å². The number of benzene rings is 1. The van der Waals surface area contributed by atoms with Crippen molar-refractivity contribution in [1.29, 1.82) is 0 Å². The van der Waals surface area contributed by atoms with Crippen molar-refractivity contribution in [2.75, 3.05) is 11.9 Å². The second-order valence-electron chi connectivity index (χ2n) is 3.49. The van der Waals surface area contributed by atoms with Crippen LogP contribution in [0.1, 0.15) is 13.3 Å². The van der Waals surface area contributed by atoms with Gasteiger partial charge in [-0.25, -0.2) is 0 Å². The fourth-order valence-electron chi connectivity index (χ4n) is 1.20. The summed E-state index contributed by atoms with van der Waals surface area (Å²) in [5.74, 6) is -0.302. The first kappa shape index (κ1) is 13.6. The van der Waals surface area contributed by atoms with Crippen LogP contribution in [0.2, 0.25) is 0 Å². The number of ether oxygens (including phenoxy) is 1. The average molecular weight is 249 g/mol. The number of aliphatic hydroxyl groups excluding tert-OH is 1. The van der Waals surface area contributed by atoms with Gasteiger partial charge in [-0.05, 0) is 18.6 Å². The molecule has 0 heterocycles. The summed E-state index contributed by atoms with van der Waals surface area (Å²) in [6.07, 6.45) is -4.80. The summed E-state index contributed by atoms with van der Waals surface area (Å²) in [6.45, 7) is 1.96. The van der Waals surface area contributed by atoms with Crippen LogP contribution in [0, 0.1) is 0 Å².